The average Bonchev–Trinajstić information content (AvgIpc) is 3.08. The number of nitrogens with one attached hydrogen (secondary N) is 2. The summed E-state index contributed by atoms with van der Waals surface area (Å²) in [6.07, 6.45) is 1.36. The predicted octanol–water partition coefficient (Wildman–Crippen LogP) is 3.73. The summed E-state index contributed by atoms with van der Waals surface area (Å²) < 4.78 is 10.8. The number of amides is 1. The molecule has 2 N–H and O–H groups in total. The third-order valence-electron chi connectivity index (χ3n) is 4.68. The second kappa shape index (κ2) is 12.2. The van der Waals surface area contributed by atoms with Gasteiger partial charge in [-0.25, -0.2) is 4.79 Å². The molecule has 0 radical (unpaired) electrons. The molecule has 1 fully saturated rings. The fraction of sp³-hybridized carbons (Fsp3) is 0.636. The fourth-order valence-corrected chi connectivity index (χ4v) is 3.28. The number of hydrogen-bond donors (Lipinski definition) is 2. The van der Waals surface area contributed by atoms with Gasteiger partial charge < -0.3 is 25.0 Å². The number of hydrogen-bond acceptors (Lipinski definition) is 4. The van der Waals surface area contributed by atoms with E-state index in [1.165, 1.54) is 5.56 Å². The lowest BCUT2D eigenvalue weighted by atomic mass is 10.1. The van der Waals surface area contributed by atoms with Crippen LogP contribution in [0.1, 0.15) is 45.2 Å². The number of methoxy groups -OCH3 is 1. The van der Waals surface area contributed by atoms with Crippen LogP contribution in [0.4, 0.5) is 4.79 Å². The monoisotopic (exact) mass is 532 g/mol. The Bertz CT molecular complexity index is 719. The van der Waals surface area contributed by atoms with Gasteiger partial charge in [0.1, 0.15) is 11.4 Å². The molecule has 1 unspecified atom stereocenters. The number of aryl methyl sites for hydroxylation is 1. The molecule has 0 aliphatic carbocycles. The number of ether oxygens (including phenoxy) is 2. The number of alkyl carbamates (subject to hydrolysis) is 1. The highest BCUT2D eigenvalue weighted by Crippen LogP contribution is 2.19. The van der Waals surface area contributed by atoms with E-state index in [2.05, 4.69) is 40.7 Å². The number of guanidine groups is 1. The molecule has 8 heteroatoms. The van der Waals surface area contributed by atoms with Gasteiger partial charge >= 0.3 is 6.09 Å². The molecule has 170 valence electrons. The molecular formula is C22H37IN4O3. The Kier molecular flexibility index (Phi) is 10.7. The van der Waals surface area contributed by atoms with Gasteiger partial charge in [0.15, 0.2) is 5.96 Å². The molecule has 7 nitrogen and oxygen atoms in total. The highest BCUT2D eigenvalue weighted by atomic mass is 127. The van der Waals surface area contributed by atoms with E-state index in [1.54, 1.807) is 7.11 Å². The molecular weight excluding hydrogens is 495 g/mol. The summed E-state index contributed by atoms with van der Waals surface area (Å²) in [6, 6.07) is 6.34. The van der Waals surface area contributed by atoms with Crippen molar-refractivity contribution in [1.82, 2.24) is 15.5 Å². The van der Waals surface area contributed by atoms with E-state index in [-0.39, 0.29) is 36.1 Å². The number of benzene rings is 1. The van der Waals surface area contributed by atoms with Crippen molar-refractivity contribution >= 4 is 36.0 Å². The maximum absolute atomic E-state index is 12.0. The van der Waals surface area contributed by atoms with Gasteiger partial charge in [-0.2, -0.15) is 0 Å². The highest BCUT2D eigenvalue weighted by Gasteiger charge is 2.27. The third-order valence-corrected chi connectivity index (χ3v) is 4.68. The molecule has 1 aromatic rings. The number of nitrogens with zero attached hydrogens (tertiary/aromatic N) is 2. The summed E-state index contributed by atoms with van der Waals surface area (Å²) in [5, 5.41) is 6.32. The van der Waals surface area contributed by atoms with Crippen LogP contribution < -0.4 is 15.4 Å². The Morgan fingerprint density at radius 3 is 2.70 bits per heavy atom. The summed E-state index contributed by atoms with van der Waals surface area (Å²) >= 11 is 0. The lowest BCUT2D eigenvalue weighted by Crippen LogP contribution is -2.44. The normalized spacial score (nSPS) is 16.7. The molecule has 1 aromatic carbocycles. The summed E-state index contributed by atoms with van der Waals surface area (Å²) in [5.41, 5.74) is 1.85. The maximum atomic E-state index is 12.0. The highest BCUT2D eigenvalue weighted by molar-refractivity contribution is 14.0. The molecule has 0 aromatic heterocycles. The van der Waals surface area contributed by atoms with Crippen LogP contribution in [-0.4, -0.2) is 61.9 Å². The van der Waals surface area contributed by atoms with E-state index < -0.39 is 5.60 Å². The number of carbonyl (C=O) groups is 1. The largest absolute Gasteiger partial charge is 0.496 e. The van der Waals surface area contributed by atoms with Crippen molar-refractivity contribution in [3.8, 4) is 5.75 Å². The Morgan fingerprint density at radius 2 is 2.07 bits per heavy atom. The summed E-state index contributed by atoms with van der Waals surface area (Å²) in [5.74, 6) is 1.80. The van der Waals surface area contributed by atoms with E-state index in [0.717, 1.165) is 49.7 Å². The SMILES string of the molecule is CCNC(=NCCc1ccc(C)c(OC)c1)N1CCC(NC(=O)OC(C)(C)C)C1.I. The van der Waals surface area contributed by atoms with Gasteiger partial charge in [-0.3, -0.25) is 4.99 Å². The van der Waals surface area contributed by atoms with Gasteiger partial charge in [-0.1, -0.05) is 12.1 Å². The van der Waals surface area contributed by atoms with E-state index in [4.69, 9.17) is 14.5 Å². The number of likely N-dealkylation sites (tertiary alicyclic amines) is 1. The van der Waals surface area contributed by atoms with Crippen LogP contribution in [0.3, 0.4) is 0 Å². The first kappa shape index (κ1) is 26.3. The summed E-state index contributed by atoms with van der Waals surface area (Å²) in [6.45, 7) is 12.8. The molecule has 0 saturated carbocycles. The number of halogens is 1. The fourth-order valence-electron chi connectivity index (χ4n) is 3.28. The van der Waals surface area contributed by atoms with Crippen LogP contribution in [0.15, 0.2) is 23.2 Å². The predicted molar refractivity (Wildman–Crippen MR) is 132 cm³/mol. The molecule has 30 heavy (non-hydrogen) atoms. The first-order chi connectivity index (χ1) is 13.7. The van der Waals surface area contributed by atoms with Crippen LogP contribution >= 0.6 is 24.0 Å². The maximum Gasteiger partial charge on any atom is 0.407 e. The van der Waals surface area contributed by atoms with Crippen molar-refractivity contribution in [3.63, 3.8) is 0 Å². The Balaban J connectivity index is 0.00000450. The zero-order valence-corrected chi connectivity index (χ0v) is 21.4. The van der Waals surface area contributed by atoms with Crippen molar-refractivity contribution in [2.75, 3.05) is 33.3 Å². The zero-order valence-electron chi connectivity index (χ0n) is 19.1. The number of rotatable bonds is 6. The van der Waals surface area contributed by atoms with E-state index in [9.17, 15) is 4.79 Å². The lowest BCUT2D eigenvalue weighted by molar-refractivity contribution is 0.0507. The Hall–Kier alpha value is -1.71. The van der Waals surface area contributed by atoms with Crippen molar-refractivity contribution < 1.29 is 14.3 Å². The first-order valence-electron chi connectivity index (χ1n) is 10.4. The van der Waals surface area contributed by atoms with Gasteiger partial charge in [0.25, 0.3) is 0 Å². The molecule has 1 heterocycles. The average molecular weight is 532 g/mol. The van der Waals surface area contributed by atoms with Crippen LogP contribution in [-0.2, 0) is 11.2 Å². The molecule has 1 amide bonds. The number of carbonyl (C=O) groups excluding carboxylic acids is 1. The summed E-state index contributed by atoms with van der Waals surface area (Å²) in [7, 11) is 1.70. The first-order valence-corrected chi connectivity index (χ1v) is 10.4. The molecule has 2 rings (SSSR count). The van der Waals surface area contributed by atoms with E-state index in [0.29, 0.717) is 6.54 Å². The minimum atomic E-state index is -0.489. The molecule has 1 atom stereocenters. The van der Waals surface area contributed by atoms with Crippen LogP contribution in [0.5, 0.6) is 5.75 Å². The van der Waals surface area contributed by atoms with Crippen molar-refractivity contribution in [2.45, 2.75) is 59.1 Å². The van der Waals surface area contributed by atoms with Crippen molar-refractivity contribution in [3.05, 3.63) is 29.3 Å². The van der Waals surface area contributed by atoms with Crippen LogP contribution in [0.25, 0.3) is 0 Å². The minimum absolute atomic E-state index is 0. The molecule has 0 bridgehead atoms. The molecule has 1 aliphatic heterocycles. The standard InChI is InChI=1S/C22H36N4O3.HI/c1-7-23-20(24-12-10-17-9-8-16(2)19(14-17)28-6)26-13-11-18(15-26)25-21(27)29-22(3,4)5;/h8-9,14,18H,7,10-13,15H2,1-6H3,(H,23,24)(H,25,27);1H. The van der Waals surface area contributed by atoms with Crippen molar-refractivity contribution in [2.24, 2.45) is 4.99 Å². The minimum Gasteiger partial charge on any atom is -0.496 e. The smallest absolute Gasteiger partial charge is 0.407 e. The molecule has 1 aliphatic rings. The van der Waals surface area contributed by atoms with E-state index in [1.807, 2.05) is 27.7 Å². The quantitative estimate of drug-likeness (QED) is 0.332. The van der Waals surface area contributed by atoms with Crippen LogP contribution in [0, 0.1) is 6.92 Å². The lowest BCUT2D eigenvalue weighted by Gasteiger charge is -2.23. The Morgan fingerprint density at radius 1 is 1.33 bits per heavy atom. The second-order valence-electron chi connectivity index (χ2n) is 8.37. The second-order valence-corrected chi connectivity index (χ2v) is 8.37. The van der Waals surface area contributed by atoms with Gasteiger partial charge in [-0.05, 0) is 64.7 Å². The Labute approximate surface area is 198 Å². The zero-order chi connectivity index (χ0) is 21.4. The summed E-state index contributed by atoms with van der Waals surface area (Å²) in [4.78, 5) is 19.0. The topological polar surface area (TPSA) is 75.2 Å². The molecule has 1 saturated heterocycles. The third kappa shape index (κ3) is 8.57. The number of aliphatic imine (C=N–C) groups is 1. The van der Waals surface area contributed by atoms with Gasteiger partial charge in [0, 0.05) is 26.2 Å². The van der Waals surface area contributed by atoms with Crippen molar-refractivity contribution in [1.29, 1.82) is 0 Å². The molecule has 0 spiro atoms. The van der Waals surface area contributed by atoms with Crippen LogP contribution in [0.2, 0.25) is 0 Å². The van der Waals surface area contributed by atoms with Gasteiger partial charge in [-0.15, -0.1) is 24.0 Å². The van der Waals surface area contributed by atoms with Gasteiger partial charge in [0.2, 0.25) is 0 Å². The van der Waals surface area contributed by atoms with Gasteiger partial charge in [0.05, 0.1) is 13.2 Å². The van der Waals surface area contributed by atoms with E-state index >= 15 is 0 Å².